The second kappa shape index (κ2) is 8.37. The zero-order valence-electron chi connectivity index (χ0n) is 14.3. The summed E-state index contributed by atoms with van der Waals surface area (Å²) in [6.07, 6.45) is 1.45. The lowest BCUT2D eigenvalue weighted by atomic mass is 10.0. The number of carbonyl (C=O) groups excluding carboxylic acids is 2. The maximum atomic E-state index is 12.5. The first-order chi connectivity index (χ1) is 13.0. The van der Waals surface area contributed by atoms with Crippen LogP contribution in [0.1, 0.15) is 18.7 Å². The van der Waals surface area contributed by atoms with Crippen molar-refractivity contribution in [1.29, 1.82) is 0 Å². The summed E-state index contributed by atoms with van der Waals surface area (Å²) in [5.74, 6) is 0.0373. The molecule has 0 spiro atoms. The van der Waals surface area contributed by atoms with Crippen LogP contribution in [-0.4, -0.2) is 25.2 Å². The molecule has 2 aromatic rings. The van der Waals surface area contributed by atoms with Crippen LogP contribution >= 0.6 is 23.2 Å². The number of benzene rings is 1. The number of hydrogen-bond acceptors (Lipinski definition) is 5. The molecule has 7 nitrogen and oxygen atoms in total. The monoisotopic (exact) mass is 410 g/mol. The summed E-state index contributed by atoms with van der Waals surface area (Å²) in [5.41, 5.74) is 0.407. The number of carbonyl (C=O) groups is 2. The number of esters is 1. The molecule has 142 valence electrons. The van der Waals surface area contributed by atoms with E-state index in [2.05, 4.69) is 10.6 Å². The molecule has 0 saturated heterocycles. The Hall–Kier alpha value is -2.64. The third-order valence-electron chi connectivity index (χ3n) is 3.76. The quantitative estimate of drug-likeness (QED) is 0.706. The number of ether oxygens (including phenoxy) is 2. The third kappa shape index (κ3) is 4.20. The van der Waals surface area contributed by atoms with Gasteiger partial charge < -0.3 is 24.5 Å². The standard InChI is InChI=1S/C18H16Cl2N2O5/c1-2-25-17(23)14-12(9-27-16-10(19)5-3-6-11(16)20)21-18(24)22-15(14)13-7-4-8-26-13/h3-8,15H,2,9H2,1H3,(H2,21,22,24). The predicted octanol–water partition coefficient (Wildman–Crippen LogP) is 3.84. The zero-order chi connectivity index (χ0) is 19.4. The molecule has 3 rings (SSSR count). The first kappa shape index (κ1) is 19.1. The highest BCUT2D eigenvalue weighted by Crippen LogP contribution is 2.34. The highest BCUT2D eigenvalue weighted by molar-refractivity contribution is 6.37. The fourth-order valence-electron chi connectivity index (χ4n) is 2.62. The molecule has 2 heterocycles. The van der Waals surface area contributed by atoms with Crippen LogP contribution in [0.5, 0.6) is 5.75 Å². The van der Waals surface area contributed by atoms with Crippen LogP contribution in [0.3, 0.4) is 0 Å². The lowest BCUT2D eigenvalue weighted by molar-refractivity contribution is -0.139. The number of amides is 2. The number of rotatable bonds is 6. The number of hydrogen-bond donors (Lipinski definition) is 2. The van der Waals surface area contributed by atoms with Gasteiger partial charge in [-0.3, -0.25) is 0 Å². The summed E-state index contributed by atoms with van der Waals surface area (Å²) in [7, 11) is 0. The largest absolute Gasteiger partial charge is 0.484 e. The van der Waals surface area contributed by atoms with Crippen molar-refractivity contribution >= 4 is 35.2 Å². The Morgan fingerprint density at radius 3 is 2.59 bits per heavy atom. The molecular weight excluding hydrogens is 395 g/mol. The van der Waals surface area contributed by atoms with Gasteiger partial charge in [-0.1, -0.05) is 29.3 Å². The molecule has 1 aromatic carbocycles. The van der Waals surface area contributed by atoms with Gasteiger partial charge in [0.05, 0.1) is 34.2 Å². The van der Waals surface area contributed by atoms with Gasteiger partial charge in [0, 0.05) is 0 Å². The molecule has 1 aliphatic rings. The van der Waals surface area contributed by atoms with Crippen molar-refractivity contribution in [3.05, 3.63) is 63.7 Å². The normalized spacial score (nSPS) is 16.6. The first-order valence-corrected chi connectivity index (χ1v) is 8.84. The van der Waals surface area contributed by atoms with Gasteiger partial charge in [0.2, 0.25) is 0 Å². The summed E-state index contributed by atoms with van der Waals surface area (Å²) in [5, 5.41) is 5.85. The lowest BCUT2D eigenvalue weighted by Crippen LogP contribution is -2.47. The van der Waals surface area contributed by atoms with Crippen LogP contribution < -0.4 is 15.4 Å². The fraction of sp³-hybridized carbons (Fsp3) is 0.222. The predicted molar refractivity (Wildman–Crippen MR) is 98.7 cm³/mol. The number of halogens is 2. The minimum atomic E-state index is -0.812. The Morgan fingerprint density at radius 1 is 1.22 bits per heavy atom. The van der Waals surface area contributed by atoms with Crippen LogP contribution in [0, 0.1) is 0 Å². The minimum absolute atomic E-state index is 0.151. The van der Waals surface area contributed by atoms with Crippen LogP contribution in [0.4, 0.5) is 4.79 Å². The van der Waals surface area contributed by atoms with Gasteiger partial charge in [0.25, 0.3) is 0 Å². The Labute approximate surface area is 165 Å². The van der Waals surface area contributed by atoms with Gasteiger partial charge in [-0.05, 0) is 31.2 Å². The molecule has 27 heavy (non-hydrogen) atoms. The number of para-hydroxylation sites is 1. The van der Waals surface area contributed by atoms with Gasteiger partial charge in [-0.15, -0.1) is 0 Å². The second-order valence-electron chi connectivity index (χ2n) is 5.50. The first-order valence-electron chi connectivity index (χ1n) is 8.09. The summed E-state index contributed by atoms with van der Waals surface area (Å²) < 4.78 is 16.2. The fourth-order valence-corrected chi connectivity index (χ4v) is 3.12. The molecule has 2 amide bonds. The molecule has 1 aromatic heterocycles. The molecule has 2 N–H and O–H groups in total. The molecule has 0 bridgehead atoms. The van der Waals surface area contributed by atoms with E-state index < -0.39 is 18.0 Å². The van der Waals surface area contributed by atoms with Crippen molar-refractivity contribution in [2.75, 3.05) is 13.2 Å². The summed E-state index contributed by atoms with van der Waals surface area (Å²) in [6, 6.07) is 6.92. The van der Waals surface area contributed by atoms with E-state index in [9.17, 15) is 9.59 Å². The molecular formula is C18H16Cl2N2O5. The molecule has 0 saturated carbocycles. The highest BCUT2D eigenvalue weighted by Gasteiger charge is 2.35. The van der Waals surface area contributed by atoms with E-state index in [1.807, 2.05) is 0 Å². The molecule has 0 aliphatic carbocycles. The third-order valence-corrected chi connectivity index (χ3v) is 4.35. The average molecular weight is 411 g/mol. The van der Waals surface area contributed by atoms with Crippen molar-refractivity contribution in [3.63, 3.8) is 0 Å². The van der Waals surface area contributed by atoms with E-state index >= 15 is 0 Å². The molecule has 0 fully saturated rings. The van der Waals surface area contributed by atoms with E-state index in [4.69, 9.17) is 37.1 Å². The molecule has 0 radical (unpaired) electrons. The van der Waals surface area contributed by atoms with Crippen molar-refractivity contribution in [1.82, 2.24) is 10.6 Å². The maximum absolute atomic E-state index is 12.5. The van der Waals surface area contributed by atoms with Crippen molar-refractivity contribution < 1.29 is 23.5 Å². The zero-order valence-corrected chi connectivity index (χ0v) is 15.8. The van der Waals surface area contributed by atoms with Gasteiger partial charge in [0.1, 0.15) is 18.4 Å². The number of urea groups is 1. The molecule has 9 heteroatoms. The van der Waals surface area contributed by atoms with E-state index in [-0.39, 0.29) is 30.2 Å². The highest BCUT2D eigenvalue weighted by atomic mass is 35.5. The van der Waals surface area contributed by atoms with Gasteiger partial charge in [-0.2, -0.15) is 0 Å². The SMILES string of the molecule is CCOC(=O)C1=C(COc2c(Cl)cccc2Cl)NC(=O)NC1c1ccco1. The summed E-state index contributed by atoms with van der Waals surface area (Å²) >= 11 is 12.2. The lowest BCUT2D eigenvalue weighted by Gasteiger charge is -2.28. The van der Waals surface area contributed by atoms with Crippen molar-refractivity contribution in [2.45, 2.75) is 13.0 Å². The van der Waals surface area contributed by atoms with E-state index in [1.54, 1.807) is 37.3 Å². The number of furan rings is 1. The second-order valence-corrected chi connectivity index (χ2v) is 6.31. The van der Waals surface area contributed by atoms with Crippen LogP contribution in [0.25, 0.3) is 0 Å². The minimum Gasteiger partial charge on any atom is -0.484 e. The van der Waals surface area contributed by atoms with Gasteiger partial charge >= 0.3 is 12.0 Å². The van der Waals surface area contributed by atoms with Gasteiger partial charge in [-0.25, -0.2) is 9.59 Å². The summed E-state index contributed by atoms with van der Waals surface area (Å²) in [4.78, 5) is 24.6. The molecule has 1 aliphatic heterocycles. The average Bonchev–Trinajstić information content (AvgIpc) is 3.15. The van der Waals surface area contributed by atoms with E-state index in [1.165, 1.54) is 6.26 Å². The maximum Gasteiger partial charge on any atom is 0.338 e. The Balaban J connectivity index is 1.97. The smallest absolute Gasteiger partial charge is 0.338 e. The van der Waals surface area contributed by atoms with Crippen LogP contribution in [0.2, 0.25) is 10.0 Å². The molecule has 1 unspecified atom stereocenters. The Bertz CT molecular complexity index is 860. The van der Waals surface area contributed by atoms with Crippen molar-refractivity contribution in [3.8, 4) is 5.75 Å². The Kier molecular flexibility index (Phi) is 5.93. The summed E-state index contributed by atoms with van der Waals surface area (Å²) in [6.45, 7) is 1.71. The molecule has 1 atom stereocenters. The van der Waals surface area contributed by atoms with E-state index in [0.717, 1.165) is 0 Å². The van der Waals surface area contributed by atoms with Crippen LogP contribution in [0.15, 0.2) is 52.3 Å². The van der Waals surface area contributed by atoms with Crippen LogP contribution in [-0.2, 0) is 9.53 Å². The van der Waals surface area contributed by atoms with E-state index in [0.29, 0.717) is 15.8 Å². The van der Waals surface area contributed by atoms with Gasteiger partial charge in [0.15, 0.2) is 5.75 Å². The number of nitrogens with one attached hydrogen (secondary N) is 2. The van der Waals surface area contributed by atoms with Crippen molar-refractivity contribution in [2.24, 2.45) is 0 Å². The topological polar surface area (TPSA) is 89.8 Å². The Morgan fingerprint density at radius 2 is 1.96 bits per heavy atom.